The molecule has 1 saturated heterocycles. The number of alkyl carbamates (subject to hydrolysis) is 1. The van der Waals surface area contributed by atoms with Gasteiger partial charge in [-0.15, -0.1) is 0 Å². The van der Waals surface area contributed by atoms with Crippen LogP contribution in [0, 0.1) is 5.92 Å². The van der Waals surface area contributed by atoms with Crippen molar-refractivity contribution in [1.29, 1.82) is 0 Å². The lowest BCUT2D eigenvalue weighted by atomic mass is 9.77. The van der Waals surface area contributed by atoms with Crippen LogP contribution in [0.3, 0.4) is 0 Å². The number of hydrogen-bond donors (Lipinski definition) is 1. The average Bonchev–Trinajstić information content (AvgIpc) is 2.63. The number of ether oxygens (including phenoxy) is 1. The van der Waals surface area contributed by atoms with Crippen molar-refractivity contribution in [2.75, 3.05) is 0 Å². The molecule has 1 N–H and O–H groups in total. The van der Waals surface area contributed by atoms with Crippen LogP contribution < -0.4 is 5.32 Å². The lowest BCUT2D eigenvalue weighted by molar-refractivity contribution is -0.160. The summed E-state index contributed by atoms with van der Waals surface area (Å²) < 4.78 is 5.35. The highest BCUT2D eigenvalue weighted by atomic mass is 16.6. The first-order valence-electron chi connectivity index (χ1n) is 9.65. The number of carbonyl (C=O) groups excluding carboxylic acids is 2. The second-order valence-corrected chi connectivity index (χ2v) is 8.27. The standard InChI is InChI=1S/C23H28N2O3/c1-16(24-22(27)28-23(2,3)4)19-20(18-13-9-6-10-14-18)25(21(19)26)15-17-11-7-5-8-12-17/h5-14,16,19-20H,15H2,1-4H3,(H,24,27)/t16-,19+,20-/m0/s1. The van der Waals surface area contributed by atoms with Gasteiger partial charge in [0.25, 0.3) is 0 Å². The maximum Gasteiger partial charge on any atom is 0.407 e. The molecule has 2 amide bonds. The van der Waals surface area contributed by atoms with Gasteiger partial charge in [0, 0.05) is 12.6 Å². The molecule has 28 heavy (non-hydrogen) atoms. The highest BCUT2D eigenvalue weighted by Gasteiger charge is 2.50. The summed E-state index contributed by atoms with van der Waals surface area (Å²) in [6.45, 7) is 7.87. The van der Waals surface area contributed by atoms with Crippen molar-refractivity contribution in [2.24, 2.45) is 5.92 Å². The van der Waals surface area contributed by atoms with E-state index in [0.717, 1.165) is 11.1 Å². The molecule has 0 unspecified atom stereocenters. The summed E-state index contributed by atoms with van der Waals surface area (Å²) in [7, 11) is 0. The largest absolute Gasteiger partial charge is 0.444 e. The Kier molecular flexibility index (Phi) is 5.73. The molecule has 0 aromatic heterocycles. The lowest BCUT2D eigenvalue weighted by Gasteiger charge is -2.50. The third-order valence-electron chi connectivity index (χ3n) is 4.86. The SMILES string of the molecule is C[C@H](NC(=O)OC(C)(C)C)[C@H]1C(=O)N(Cc2ccccc2)[C@H]1c1ccccc1. The van der Waals surface area contributed by atoms with Gasteiger partial charge in [-0.1, -0.05) is 60.7 Å². The number of β-lactam (4-membered cyclic amide) rings is 1. The second kappa shape index (κ2) is 8.05. The molecule has 0 spiro atoms. The zero-order valence-electron chi connectivity index (χ0n) is 16.9. The number of rotatable bonds is 5. The fraction of sp³-hybridized carbons (Fsp3) is 0.391. The quantitative estimate of drug-likeness (QED) is 0.787. The summed E-state index contributed by atoms with van der Waals surface area (Å²) in [5.41, 5.74) is 1.58. The molecule has 0 bridgehead atoms. The summed E-state index contributed by atoms with van der Waals surface area (Å²) >= 11 is 0. The van der Waals surface area contributed by atoms with Gasteiger partial charge in [0.15, 0.2) is 0 Å². The first kappa shape index (κ1) is 19.9. The fourth-order valence-corrected chi connectivity index (χ4v) is 3.64. The zero-order valence-corrected chi connectivity index (χ0v) is 16.9. The lowest BCUT2D eigenvalue weighted by Crippen LogP contribution is -2.61. The minimum Gasteiger partial charge on any atom is -0.444 e. The molecule has 1 fully saturated rings. The summed E-state index contributed by atoms with van der Waals surface area (Å²) in [5.74, 6) is -0.278. The number of carbonyl (C=O) groups is 2. The highest BCUT2D eigenvalue weighted by Crippen LogP contribution is 2.43. The van der Waals surface area contributed by atoms with Crippen LogP contribution in [-0.2, 0) is 16.1 Å². The normalized spacial score (nSPS) is 20.3. The number of nitrogens with one attached hydrogen (secondary N) is 1. The van der Waals surface area contributed by atoms with Crippen molar-refractivity contribution in [3.8, 4) is 0 Å². The average molecular weight is 380 g/mol. The molecule has 2 aromatic carbocycles. The van der Waals surface area contributed by atoms with Gasteiger partial charge >= 0.3 is 6.09 Å². The Morgan fingerprint density at radius 2 is 1.64 bits per heavy atom. The van der Waals surface area contributed by atoms with E-state index < -0.39 is 11.7 Å². The fourth-order valence-electron chi connectivity index (χ4n) is 3.64. The number of hydrogen-bond acceptors (Lipinski definition) is 3. The van der Waals surface area contributed by atoms with Crippen LogP contribution in [0.2, 0.25) is 0 Å². The predicted octanol–water partition coefficient (Wildman–Crippen LogP) is 4.30. The molecular weight excluding hydrogens is 352 g/mol. The van der Waals surface area contributed by atoms with Gasteiger partial charge < -0.3 is 15.0 Å². The van der Waals surface area contributed by atoms with Crippen molar-refractivity contribution < 1.29 is 14.3 Å². The van der Waals surface area contributed by atoms with Gasteiger partial charge in [-0.25, -0.2) is 4.79 Å². The molecule has 1 aliphatic heterocycles. The van der Waals surface area contributed by atoms with Crippen molar-refractivity contribution in [2.45, 2.75) is 51.9 Å². The number of amides is 2. The van der Waals surface area contributed by atoms with Crippen molar-refractivity contribution >= 4 is 12.0 Å². The van der Waals surface area contributed by atoms with E-state index in [9.17, 15) is 9.59 Å². The van der Waals surface area contributed by atoms with Gasteiger partial charge in [0.2, 0.25) is 5.91 Å². The molecule has 1 aliphatic rings. The molecule has 0 aliphatic carbocycles. The summed E-state index contributed by atoms with van der Waals surface area (Å²) in [6.07, 6.45) is -0.499. The Balaban J connectivity index is 1.78. The topological polar surface area (TPSA) is 58.6 Å². The molecule has 3 atom stereocenters. The van der Waals surface area contributed by atoms with Crippen LogP contribution >= 0.6 is 0 Å². The predicted molar refractivity (Wildman–Crippen MR) is 108 cm³/mol. The van der Waals surface area contributed by atoms with Crippen LogP contribution in [0.4, 0.5) is 4.79 Å². The summed E-state index contributed by atoms with van der Waals surface area (Å²) in [6, 6.07) is 19.5. The molecule has 148 valence electrons. The Morgan fingerprint density at radius 1 is 1.07 bits per heavy atom. The van der Waals surface area contributed by atoms with Crippen molar-refractivity contribution in [1.82, 2.24) is 10.2 Å². The van der Waals surface area contributed by atoms with Crippen LogP contribution in [0.25, 0.3) is 0 Å². The smallest absolute Gasteiger partial charge is 0.407 e. The van der Waals surface area contributed by atoms with E-state index in [4.69, 9.17) is 4.74 Å². The van der Waals surface area contributed by atoms with E-state index in [0.29, 0.717) is 6.54 Å². The van der Waals surface area contributed by atoms with E-state index in [1.54, 1.807) is 0 Å². The second-order valence-electron chi connectivity index (χ2n) is 8.27. The molecule has 3 rings (SSSR count). The van der Waals surface area contributed by atoms with Crippen LogP contribution in [0.5, 0.6) is 0 Å². The molecular formula is C23H28N2O3. The van der Waals surface area contributed by atoms with Crippen LogP contribution in [-0.4, -0.2) is 28.5 Å². The zero-order chi connectivity index (χ0) is 20.3. The molecule has 2 aromatic rings. The minimum atomic E-state index is -0.578. The highest BCUT2D eigenvalue weighted by molar-refractivity contribution is 5.88. The summed E-state index contributed by atoms with van der Waals surface area (Å²) in [5, 5.41) is 2.84. The van der Waals surface area contributed by atoms with E-state index in [-0.39, 0.29) is 23.9 Å². The van der Waals surface area contributed by atoms with Gasteiger partial charge in [0.1, 0.15) is 5.60 Å². The molecule has 1 heterocycles. The molecule has 5 heteroatoms. The van der Waals surface area contributed by atoms with Gasteiger partial charge in [0.05, 0.1) is 12.0 Å². The Hall–Kier alpha value is -2.82. The van der Waals surface area contributed by atoms with E-state index in [1.807, 2.05) is 93.3 Å². The minimum absolute atomic E-state index is 0.0428. The van der Waals surface area contributed by atoms with E-state index in [2.05, 4.69) is 5.32 Å². The van der Waals surface area contributed by atoms with Gasteiger partial charge in [-0.05, 0) is 38.8 Å². The maximum atomic E-state index is 13.0. The Bertz CT molecular complexity index is 815. The van der Waals surface area contributed by atoms with Crippen molar-refractivity contribution in [3.05, 3.63) is 71.8 Å². The third kappa shape index (κ3) is 4.53. The Morgan fingerprint density at radius 3 is 2.21 bits per heavy atom. The third-order valence-corrected chi connectivity index (χ3v) is 4.86. The molecule has 5 nitrogen and oxygen atoms in total. The maximum absolute atomic E-state index is 13.0. The van der Waals surface area contributed by atoms with Crippen LogP contribution in [0.15, 0.2) is 60.7 Å². The first-order chi connectivity index (χ1) is 13.3. The van der Waals surface area contributed by atoms with Crippen LogP contribution in [0.1, 0.15) is 44.9 Å². The first-order valence-corrected chi connectivity index (χ1v) is 9.65. The van der Waals surface area contributed by atoms with E-state index >= 15 is 0 Å². The number of benzene rings is 2. The molecule has 0 saturated carbocycles. The molecule has 0 radical (unpaired) electrons. The van der Waals surface area contributed by atoms with Gasteiger partial charge in [-0.3, -0.25) is 4.79 Å². The number of likely N-dealkylation sites (tertiary alicyclic amines) is 1. The Labute approximate surface area is 166 Å². The van der Waals surface area contributed by atoms with E-state index in [1.165, 1.54) is 0 Å². The summed E-state index contributed by atoms with van der Waals surface area (Å²) in [4.78, 5) is 27.0. The van der Waals surface area contributed by atoms with Crippen molar-refractivity contribution in [3.63, 3.8) is 0 Å². The van der Waals surface area contributed by atoms with Gasteiger partial charge in [-0.2, -0.15) is 0 Å². The monoisotopic (exact) mass is 380 g/mol. The number of nitrogens with zero attached hydrogens (tertiary/aromatic N) is 1.